The van der Waals surface area contributed by atoms with Crippen molar-refractivity contribution < 1.29 is 4.57 Å². The Bertz CT molecular complexity index is 823. The molecule has 2 nitrogen and oxygen atoms in total. The number of aryl methyl sites for hydroxylation is 3. The van der Waals surface area contributed by atoms with Crippen LogP contribution in [0.1, 0.15) is 186 Å². The molecule has 0 saturated carbocycles. The highest BCUT2D eigenvalue weighted by Gasteiger charge is 2.16. The average Bonchev–Trinajstić information content (AvgIpc) is 3.39. The van der Waals surface area contributed by atoms with E-state index in [1.807, 2.05) is 0 Å². The Labute approximate surface area is 263 Å². The maximum absolute atomic E-state index is 2.60. The fourth-order valence-electron chi connectivity index (χ4n) is 6.54. The topological polar surface area (TPSA) is 8.81 Å². The van der Waals surface area contributed by atoms with Gasteiger partial charge in [-0.15, -0.1) is 0 Å². The maximum Gasteiger partial charge on any atom is 0.256 e. The van der Waals surface area contributed by atoms with E-state index in [9.17, 15) is 0 Å². The number of rotatable bonds is 30. The second kappa shape index (κ2) is 27.0. The molecule has 240 valence electrons. The quantitative estimate of drug-likeness (QED) is 0.0643. The van der Waals surface area contributed by atoms with Crippen LogP contribution in [0.3, 0.4) is 0 Å². The SMILES string of the molecule is CCCCCCCCCCCCCCCCCCCn1cc[n+](CCCc2ccccc2)c1CCCCCCCCC. The van der Waals surface area contributed by atoms with Crippen LogP contribution in [0.5, 0.6) is 0 Å². The lowest BCUT2D eigenvalue weighted by atomic mass is 10.0. The Hall–Kier alpha value is -1.57. The molecule has 1 heterocycles. The third-order valence-corrected chi connectivity index (χ3v) is 9.30. The molecule has 0 unspecified atom stereocenters. The first kappa shape index (κ1) is 36.6. The lowest BCUT2D eigenvalue weighted by Gasteiger charge is -2.07. The first-order chi connectivity index (χ1) is 20.8. The molecule has 0 bridgehead atoms. The summed E-state index contributed by atoms with van der Waals surface area (Å²) in [6, 6.07) is 11.0. The van der Waals surface area contributed by atoms with Gasteiger partial charge in [0.25, 0.3) is 5.82 Å². The lowest BCUT2D eigenvalue weighted by molar-refractivity contribution is -0.704. The van der Waals surface area contributed by atoms with E-state index in [1.165, 1.54) is 185 Å². The van der Waals surface area contributed by atoms with Crippen LogP contribution in [-0.4, -0.2) is 4.57 Å². The van der Waals surface area contributed by atoms with Gasteiger partial charge in [-0.2, -0.15) is 0 Å². The molecular formula is C40H71N2+. The highest BCUT2D eigenvalue weighted by atomic mass is 15.1. The molecule has 0 fully saturated rings. The summed E-state index contributed by atoms with van der Waals surface area (Å²) < 4.78 is 5.18. The second-order valence-corrected chi connectivity index (χ2v) is 13.2. The molecule has 0 aliphatic heterocycles. The third-order valence-electron chi connectivity index (χ3n) is 9.30. The van der Waals surface area contributed by atoms with Crippen LogP contribution >= 0.6 is 0 Å². The van der Waals surface area contributed by atoms with Crippen molar-refractivity contribution >= 4 is 0 Å². The van der Waals surface area contributed by atoms with Crippen molar-refractivity contribution in [3.8, 4) is 0 Å². The predicted octanol–water partition coefficient (Wildman–Crippen LogP) is 12.4. The van der Waals surface area contributed by atoms with E-state index >= 15 is 0 Å². The van der Waals surface area contributed by atoms with Crippen molar-refractivity contribution in [3.05, 3.63) is 54.1 Å². The van der Waals surface area contributed by atoms with Gasteiger partial charge in [-0.3, -0.25) is 0 Å². The Morgan fingerprint density at radius 3 is 1.43 bits per heavy atom. The van der Waals surface area contributed by atoms with Crippen LogP contribution in [0.25, 0.3) is 0 Å². The molecule has 1 aromatic heterocycles. The minimum absolute atomic E-state index is 1.15. The molecule has 2 rings (SSSR count). The highest BCUT2D eigenvalue weighted by molar-refractivity contribution is 5.14. The Kier molecular flexibility index (Phi) is 23.6. The number of hydrogen-bond acceptors (Lipinski definition) is 0. The Morgan fingerprint density at radius 1 is 0.476 bits per heavy atom. The second-order valence-electron chi connectivity index (χ2n) is 13.2. The lowest BCUT2D eigenvalue weighted by Crippen LogP contribution is -2.37. The smallest absolute Gasteiger partial charge is 0.234 e. The van der Waals surface area contributed by atoms with Gasteiger partial charge in [-0.05, 0) is 37.7 Å². The van der Waals surface area contributed by atoms with E-state index in [-0.39, 0.29) is 0 Å². The third kappa shape index (κ3) is 18.9. The van der Waals surface area contributed by atoms with Crippen LogP contribution in [-0.2, 0) is 25.9 Å². The van der Waals surface area contributed by atoms with Crippen molar-refractivity contribution in [1.29, 1.82) is 0 Å². The van der Waals surface area contributed by atoms with Gasteiger partial charge in [0, 0.05) is 6.42 Å². The number of unbranched alkanes of at least 4 members (excludes halogenated alkanes) is 22. The van der Waals surface area contributed by atoms with Crippen molar-refractivity contribution in [2.75, 3.05) is 0 Å². The molecule has 0 saturated heterocycles. The van der Waals surface area contributed by atoms with Gasteiger partial charge in [-0.25, -0.2) is 9.13 Å². The molecule has 0 N–H and O–H groups in total. The van der Waals surface area contributed by atoms with Crippen molar-refractivity contribution in [1.82, 2.24) is 4.57 Å². The van der Waals surface area contributed by atoms with E-state index in [2.05, 4.69) is 65.7 Å². The molecule has 2 heteroatoms. The van der Waals surface area contributed by atoms with E-state index in [0.29, 0.717) is 0 Å². The summed E-state index contributed by atoms with van der Waals surface area (Å²) in [4.78, 5) is 0. The van der Waals surface area contributed by atoms with E-state index in [1.54, 1.807) is 5.82 Å². The molecular weight excluding hydrogens is 508 g/mol. The summed E-state index contributed by atoms with van der Waals surface area (Å²) in [5.41, 5.74) is 1.47. The van der Waals surface area contributed by atoms with Gasteiger partial charge in [0.2, 0.25) is 0 Å². The number of nitrogens with zero attached hydrogens (tertiary/aromatic N) is 2. The molecule has 42 heavy (non-hydrogen) atoms. The van der Waals surface area contributed by atoms with Crippen LogP contribution in [0.4, 0.5) is 0 Å². The van der Waals surface area contributed by atoms with Crippen LogP contribution in [0.2, 0.25) is 0 Å². The summed E-state index contributed by atoms with van der Waals surface area (Å²) in [5, 5.41) is 0. The van der Waals surface area contributed by atoms with Gasteiger partial charge in [0.1, 0.15) is 12.4 Å². The fourth-order valence-corrected chi connectivity index (χ4v) is 6.54. The summed E-state index contributed by atoms with van der Waals surface area (Å²) in [7, 11) is 0. The Balaban J connectivity index is 1.57. The van der Waals surface area contributed by atoms with Gasteiger partial charge in [-0.1, -0.05) is 179 Å². The monoisotopic (exact) mass is 580 g/mol. The zero-order valence-corrected chi connectivity index (χ0v) is 28.4. The van der Waals surface area contributed by atoms with Crippen molar-refractivity contribution in [2.45, 2.75) is 200 Å². The molecule has 0 aliphatic rings. The first-order valence-electron chi connectivity index (χ1n) is 19.0. The molecule has 0 aliphatic carbocycles. The first-order valence-corrected chi connectivity index (χ1v) is 19.0. The zero-order chi connectivity index (χ0) is 29.8. The summed E-state index contributed by atoms with van der Waals surface area (Å²) in [5.74, 6) is 1.58. The minimum atomic E-state index is 1.15. The highest BCUT2D eigenvalue weighted by Crippen LogP contribution is 2.15. The van der Waals surface area contributed by atoms with Crippen molar-refractivity contribution in [3.63, 3.8) is 0 Å². The van der Waals surface area contributed by atoms with E-state index in [0.717, 1.165) is 6.54 Å². The number of imidazole rings is 1. The normalized spacial score (nSPS) is 11.5. The average molecular weight is 580 g/mol. The summed E-state index contributed by atoms with van der Waals surface area (Å²) in [6.07, 6.45) is 42.6. The fraction of sp³-hybridized carbons (Fsp3) is 0.775. The van der Waals surface area contributed by atoms with Gasteiger partial charge in [0.15, 0.2) is 0 Å². The molecule has 2 aromatic rings. The van der Waals surface area contributed by atoms with Crippen molar-refractivity contribution in [2.24, 2.45) is 0 Å². The molecule has 0 atom stereocenters. The number of benzene rings is 1. The molecule has 0 radical (unpaired) electrons. The maximum atomic E-state index is 2.60. The summed E-state index contributed by atoms with van der Waals surface area (Å²) >= 11 is 0. The number of aromatic nitrogens is 2. The Morgan fingerprint density at radius 2 is 0.929 bits per heavy atom. The van der Waals surface area contributed by atoms with Gasteiger partial charge in [0.05, 0.1) is 13.1 Å². The van der Waals surface area contributed by atoms with Crippen LogP contribution in [0.15, 0.2) is 42.7 Å². The predicted molar refractivity (Wildman–Crippen MR) is 185 cm³/mol. The largest absolute Gasteiger partial charge is 0.256 e. The van der Waals surface area contributed by atoms with Crippen LogP contribution in [0, 0.1) is 0 Å². The molecule has 0 amide bonds. The van der Waals surface area contributed by atoms with Gasteiger partial charge >= 0.3 is 0 Å². The minimum Gasteiger partial charge on any atom is -0.234 e. The summed E-state index contributed by atoms with van der Waals surface area (Å²) in [6.45, 7) is 6.97. The number of hydrogen-bond donors (Lipinski definition) is 0. The molecule has 0 spiro atoms. The molecule has 1 aromatic carbocycles. The van der Waals surface area contributed by atoms with E-state index in [4.69, 9.17) is 0 Å². The van der Waals surface area contributed by atoms with E-state index < -0.39 is 0 Å². The van der Waals surface area contributed by atoms with Crippen LogP contribution < -0.4 is 4.57 Å². The standard InChI is InChI=1S/C40H71N2/c1-3-5-7-9-11-12-13-14-15-16-17-18-19-20-22-24-29-35-41-37-38-42(36-30-33-39-31-26-25-27-32-39)40(41)34-28-23-21-10-8-6-4-2/h25-27,31-32,37-38H,3-24,28-30,33-36H2,1-2H3/q+1. The van der Waals surface area contributed by atoms with Gasteiger partial charge < -0.3 is 0 Å². The zero-order valence-electron chi connectivity index (χ0n) is 28.4.